The lowest BCUT2D eigenvalue weighted by Crippen LogP contribution is -2.15. The van der Waals surface area contributed by atoms with Gasteiger partial charge in [0.15, 0.2) is 11.0 Å². The molecule has 0 spiro atoms. The maximum absolute atomic E-state index is 12.7. The zero-order chi connectivity index (χ0) is 24.9. The average Bonchev–Trinajstić information content (AvgIpc) is 3.42. The number of nitriles is 1. The molecule has 9 heteroatoms. The van der Waals surface area contributed by atoms with Crippen LogP contribution in [0.25, 0.3) is 0 Å². The third kappa shape index (κ3) is 5.71. The highest BCUT2D eigenvalue weighted by molar-refractivity contribution is 7.99. The Morgan fingerprint density at radius 1 is 1.31 bits per heavy atom. The van der Waals surface area contributed by atoms with E-state index in [9.17, 15) is 10.1 Å². The number of ether oxygens (including phenoxy) is 1. The van der Waals surface area contributed by atoms with Crippen molar-refractivity contribution in [3.05, 3.63) is 51.2 Å². The molecule has 2 heterocycles. The van der Waals surface area contributed by atoms with E-state index in [0.717, 1.165) is 42.8 Å². The van der Waals surface area contributed by atoms with Gasteiger partial charge in [-0.2, -0.15) is 5.26 Å². The quantitative estimate of drug-likeness (QED) is 0.374. The highest BCUT2D eigenvalue weighted by atomic mass is 32.2. The molecule has 0 bridgehead atoms. The molecular weight excluding hydrogens is 478 g/mol. The van der Waals surface area contributed by atoms with Crippen LogP contribution in [-0.4, -0.2) is 26.4 Å². The number of amides is 1. The highest BCUT2D eigenvalue weighted by Gasteiger charge is 2.26. The van der Waals surface area contributed by atoms with Gasteiger partial charge in [0, 0.05) is 11.4 Å². The van der Waals surface area contributed by atoms with Crippen molar-refractivity contribution in [1.29, 1.82) is 5.26 Å². The minimum Gasteiger partial charge on any atom is -0.486 e. The lowest BCUT2D eigenvalue weighted by molar-refractivity contribution is -0.113. The van der Waals surface area contributed by atoms with Crippen LogP contribution < -0.4 is 10.1 Å². The Bertz CT molecular complexity index is 1260. The van der Waals surface area contributed by atoms with E-state index in [4.69, 9.17) is 4.74 Å². The predicted molar refractivity (Wildman–Crippen MR) is 140 cm³/mol. The first kappa shape index (κ1) is 25.3. The number of rotatable bonds is 9. The van der Waals surface area contributed by atoms with Crippen LogP contribution in [0.4, 0.5) is 5.00 Å². The molecule has 7 nitrogen and oxygen atoms in total. The lowest BCUT2D eigenvalue weighted by Gasteiger charge is -2.20. The molecule has 1 unspecified atom stereocenters. The van der Waals surface area contributed by atoms with Gasteiger partial charge in [-0.1, -0.05) is 31.2 Å². The van der Waals surface area contributed by atoms with Crippen LogP contribution in [0.2, 0.25) is 0 Å². The van der Waals surface area contributed by atoms with Crippen molar-refractivity contribution in [1.82, 2.24) is 14.8 Å². The summed E-state index contributed by atoms with van der Waals surface area (Å²) in [5, 5.41) is 22.6. The monoisotopic (exact) mass is 509 g/mol. The first-order valence-electron chi connectivity index (χ1n) is 12.0. The van der Waals surface area contributed by atoms with Crippen LogP contribution in [0.1, 0.15) is 59.6 Å². The van der Waals surface area contributed by atoms with Crippen LogP contribution in [0.5, 0.6) is 5.75 Å². The molecule has 0 saturated heterocycles. The Hall–Kier alpha value is -2.83. The third-order valence-electron chi connectivity index (χ3n) is 6.60. The number of carbonyl (C=O) groups is 1. The van der Waals surface area contributed by atoms with E-state index < -0.39 is 0 Å². The van der Waals surface area contributed by atoms with E-state index in [-0.39, 0.29) is 11.7 Å². The molecule has 1 N–H and O–H groups in total. The number of hydrogen-bond acceptors (Lipinski definition) is 7. The van der Waals surface area contributed by atoms with Gasteiger partial charge in [0.05, 0.1) is 11.3 Å². The van der Waals surface area contributed by atoms with Gasteiger partial charge in [-0.15, -0.1) is 21.5 Å². The molecule has 1 aliphatic rings. The van der Waals surface area contributed by atoms with Gasteiger partial charge in [0.25, 0.3) is 0 Å². The second kappa shape index (κ2) is 11.3. The number of benzene rings is 1. The second-order valence-corrected chi connectivity index (χ2v) is 10.9. The fourth-order valence-electron chi connectivity index (χ4n) is 4.30. The molecule has 0 fully saturated rings. The standard InChI is InChI=1S/C26H31N5O2S2/c1-5-18-8-10-20-21(13-27)25(35-22(20)12-18)28-24(32)15-34-26-30-29-23(31(26)6-2)14-33-19-9-7-16(3)17(4)11-19/h7,9,11,18H,5-6,8,10,12,14-15H2,1-4H3,(H,28,32). The summed E-state index contributed by atoms with van der Waals surface area (Å²) in [4.78, 5) is 14.0. The first-order chi connectivity index (χ1) is 16.9. The summed E-state index contributed by atoms with van der Waals surface area (Å²) in [7, 11) is 0. The summed E-state index contributed by atoms with van der Waals surface area (Å²) in [5.74, 6) is 2.23. The molecule has 35 heavy (non-hydrogen) atoms. The van der Waals surface area contributed by atoms with Crippen molar-refractivity contribution in [3.8, 4) is 11.8 Å². The summed E-state index contributed by atoms with van der Waals surface area (Å²) in [6.45, 7) is 9.35. The number of aromatic nitrogens is 3. The Labute approximate surface area is 214 Å². The topological polar surface area (TPSA) is 92.8 Å². The molecule has 1 amide bonds. The Kier molecular flexibility index (Phi) is 8.14. The zero-order valence-corrected chi connectivity index (χ0v) is 22.3. The summed E-state index contributed by atoms with van der Waals surface area (Å²) in [6, 6.07) is 8.33. The number of anilines is 1. The molecule has 184 valence electrons. The van der Waals surface area contributed by atoms with Gasteiger partial charge in [0.1, 0.15) is 23.4 Å². The molecule has 1 aliphatic carbocycles. The largest absolute Gasteiger partial charge is 0.486 e. The summed E-state index contributed by atoms with van der Waals surface area (Å²) < 4.78 is 7.89. The molecule has 0 aliphatic heterocycles. The molecule has 3 aromatic rings. The van der Waals surface area contributed by atoms with Crippen molar-refractivity contribution in [2.75, 3.05) is 11.1 Å². The number of thiophene rings is 1. The molecule has 1 aromatic carbocycles. The number of nitrogens with one attached hydrogen (secondary N) is 1. The minimum absolute atomic E-state index is 0.143. The SMILES string of the molecule is CCC1CCc2c(sc(NC(=O)CSc3nnc(COc4ccc(C)c(C)c4)n3CC)c2C#N)C1. The zero-order valence-electron chi connectivity index (χ0n) is 20.7. The maximum Gasteiger partial charge on any atom is 0.235 e. The van der Waals surface area contributed by atoms with Crippen LogP contribution in [0.3, 0.4) is 0 Å². The van der Waals surface area contributed by atoms with E-state index in [1.165, 1.54) is 27.8 Å². The molecule has 2 aromatic heterocycles. The third-order valence-corrected chi connectivity index (χ3v) is 8.73. The maximum atomic E-state index is 12.7. The van der Waals surface area contributed by atoms with E-state index in [1.54, 1.807) is 11.3 Å². The summed E-state index contributed by atoms with van der Waals surface area (Å²) in [6.07, 6.45) is 4.18. The molecule has 1 atom stereocenters. The van der Waals surface area contributed by atoms with Crippen LogP contribution >= 0.6 is 23.1 Å². The number of nitrogens with zero attached hydrogens (tertiary/aromatic N) is 4. The molecule has 4 rings (SSSR count). The molecule has 0 radical (unpaired) electrons. The number of aryl methyl sites for hydroxylation is 2. The van der Waals surface area contributed by atoms with E-state index in [1.807, 2.05) is 29.7 Å². The van der Waals surface area contributed by atoms with E-state index in [0.29, 0.717) is 34.8 Å². The first-order valence-corrected chi connectivity index (χ1v) is 13.8. The van der Waals surface area contributed by atoms with Crippen molar-refractivity contribution < 1.29 is 9.53 Å². The minimum atomic E-state index is -0.143. The highest BCUT2D eigenvalue weighted by Crippen LogP contribution is 2.40. The second-order valence-electron chi connectivity index (χ2n) is 8.85. The van der Waals surface area contributed by atoms with E-state index >= 15 is 0 Å². The van der Waals surface area contributed by atoms with Crippen molar-refractivity contribution in [3.63, 3.8) is 0 Å². The number of hydrogen-bond donors (Lipinski definition) is 1. The summed E-state index contributed by atoms with van der Waals surface area (Å²) in [5.41, 5.74) is 4.17. The average molecular weight is 510 g/mol. The predicted octanol–water partition coefficient (Wildman–Crippen LogP) is 5.67. The van der Waals surface area contributed by atoms with Gasteiger partial charge in [-0.3, -0.25) is 4.79 Å². The smallest absolute Gasteiger partial charge is 0.235 e. The van der Waals surface area contributed by atoms with Gasteiger partial charge < -0.3 is 14.6 Å². The molecule has 0 saturated carbocycles. The van der Waals surface area contributed by atoms with E-state index in [2.05, 4.69) is 42.4 Å². The van der Waals surface area contributed by atoms with Crippen LogP contribution in [0.15, 0.2) is 23.4 Å². The fraction of sp³-hybridized carbons (Fsp3) is 0.462. The number of carbonyl (C=O) groups excluding carboxylic acids is 1. The molecular formula is C26H31N5O2S2. The van der Waals surface area contributed by atoms with Crippen LogP contribution in [-0.2, 0) is 30.8 Å². The van der Waals surface area contributed by atoms with Crippen molar-refractivity contribution in [2.24, 2.45) is 5.92 Å². The van der Waals surface area contributed by atoms with Gasteiger partial charge >= 0.3 is 0 Å². The Balaban J connectivity index is 1.37. The van der Waals surface area contributed by atoms with Crippen molar-refractivity contribution >= 4 is 34.0 Å². The van der Waals surface area contributed by atoms with Gasteiger partial charge in [-0.05, 0) is 74.8 Å². The van der Waals surface area contributed by atoms with Gasteiger partial charge in [0.2, 0.25) is 5.91 Å². The summed E-state index contributed by atoms with van der Waals surface area (Å²) >= 11 is 2.90. The Morgan fingerprint density at radius 3 is 2.86 bits per heavy atom. The normalized spacial score (nSPS) is 14.9. The number of thioether (sulfide) groups is 1. The lowest BCUT2D eigenvalue weighted by atomic mass is 9.86. The number of fused-ring (bicyclic) bond motifs is 1. The fourth-order valence-corrected chi connectivity index (χ4v) is 6.45. The Morgan fingerprint density at radius 2 is 2.14 bits per heavy atom. The van der Waals surface area contributed by atoms with Crippen molar-refractivity contribution in [2.45, 2.75) is 71.7 Å². The van der Waals surface area contributed by atoms with Gasteiger partial charge in [-0.25, -0.2) is 0 Å². The van der Waals surface area contributed by atoms with Crippen LogP contribution in [0, 0.1) is 31.1 Å².